The number of aromatic nitrogens is 1. The molecule has 0 atom stereocenters. The fourth-order valence-electron chi connectivity index (χ4n) is 1.83. The van der Waals surface area contributed by atoms with Gasteiger partial charge in [0, 0.05) is 11.3 Å². The molecule has 3 heteroatoms. The first-order valence-electron chi connectivity index (χ1n) is 5.68. The molecule has 0 radical (unpaired) electrons. The van der Waals surface area contributed by atoms with Crippen molar-refractivity contribution in [3.63, 3.8) is 0 Å². The molecule has 1 aromatic rings. The van der Waals surface area contributed by atoms with Crippen LogP contribution in [0.15, 0.2) is 0 Å². The van der Waals surface area contributed by atoms with E-state index in [1.807, 2.05) is 0 Å². The maximum absolute atomic E-state index is 11.6. The summed E-state index contributed by atoms with van der Waals surface area (Å²) in [5.41, 5.74) is 0.782. The van der Waals surface area contributed by atoms with Crippen LogP contribution < -0.4 is 0 Å². The van der Waals surface area contributed by atoms with Crippen LogP contribution in [0.1, 0.15) is 53.5 Å². The smallest absolute Gasteiger partial charge is 0.182 e. The summed E-state index contributed by atoms with van der Waals surface area (Å²) in [5, 5.41) is 1.16. The highest BCUT2D eigenvalue weighted by molar-refractivity contribution is 7.12. The van der Waals surface area contributed by atoms with Gasteiger partial charge in [-0.25, -0.2) is 4.98 Å². The van der Waals surface area contributed by atoms with E-state index in [4.69, 9.17) is 0 Å². The molecule has 1 heterocycles. The molecule has 0 spiro atoms. The van der Waals surface area contributed by atoms with E-state index in [2.05, 4.69) is 18.8 Å². The molecule has 2 nitrogen and oxygen atoms in total. The number of hydrogen-bond donors (Lipinski definition) is 0. The summed E-state index contributed by atoms with van der Waals surface area (Å²) in [5.74, 6) is 0.963. The molecule has 0 aromatic carbocycles. The summed E-state index contributed by atoms with van der Waals surface area (Å²) in [7, 11) is 0. The van der Waals surface area contributed by atoms with Gasteiger partial charge in [0.15, 0.2) is 5.78 Å². The average molecular weight is 223 g/mol. The molecule has 82 valence electrons. The number of ketones is 1. The van der Waals surface area contributed by atoms with E-state index in [9.17, 15) is 4.79 Å². The summed E-state index contributed by atoms with van der Waals surface area (Å²) < 4.78 is 0. The van der Waals surface area contributed by atoms with Gasteiger partial charge in [0.25, 0.3) is 0 Å². The standard InChI is InChI=1S/C12H17NOS/c1-8(2)6-7-11-13-12-9(14)4-3-5-10(12)15-11/h8H,3-7H2,1-2H3. The van der Waals surface area contributed by atoms with Gasteiger partial charge in [-0.15, -0.1) is 11.3 Å². The molecule has 2 rings (SSSR count). The Hall–Kier alpha value is -0.700. The minimum atomic E-state index is 0.253. The second-order valence-electron chi connectivity index (χ2n) is 4.59. The molecular weight excluding hydrogens is 206 g/mol. The number of thiazole rings is 1. The minimum Gasteiger partial charge on any atom is -0.292 e. The lowest BCUT2D eigenvalue weighted by Crippen LogP contribution is -2.08. The van der Waals surface area contributed by atoms with Crippen LogP contribution in [0.5, 0.6) is 0 Å². The van der Waals surface area contributed by atoms with E-state index in [1.54, 1.807) is 11.3 Å². The number of Topliss-reactive ketones (excluding diaryl/α,β-unsaturated/α-hetero) is 1. The Kier molecular flexibility index (Phi) is 3.19. The van der Waals surface area contributed by atoms with E-state index in [0.717, 1.165) is 30.0 Å². The van der Waals surface area contributed by atoms with Crippen LogP contribution in [-0.2, 0) is 12.8 Å². The number of nitrogens with zero attached hydrogens (tertiary/aromatic N) is 1. The minimum absolute atomic E-state index is 0.253. The third kappa shape index (κ3) is 2.46. The Morgan fingerprint density at radius 1 is 1.40 bits per heavy atom. The molecule has 0 amide bonds. The van der Waals surface area contributed by atoms with Crippen LogP contribution in [0.4, 0.5) is 0 Å². The van der Waals surface area contributed by atoms with E-state index < -0.39 is 0 Å². The second-order valence-corrected chi connectivity index (χ2v) is 5.76. The monoisotopic (exact) mass is 223 g/mol. The van der Waals surface area contributed by atoms with Crippen molar-refractivity contribution in [2.45, 2.75) is 46.0 Å². The highest BCUT2D eigenvalue weighted by atomic mass is 32.1. The Bertz CT molecular complexity index is 368. The third-order valence-electron chi connectivity index (χ3n) is 2.75. The molecular formula is C12H17NOS. The Labute approximate surface area is 94.7 Å². The van der Waals surface area contributed by atoms with Gasteiger partial charge < -0.3 is 0 Å². The summed E-state index contributed by atoms with van der Waals surface area (Å²) in [4.78, 5) is 17.3. The Morgan fingerprint density at radius 3 is 2.87 bits per heavy atom. The van der Waals surface area contributed by atoms with Crippen LogP contribution >= 0.6 is 11.3 Å². The Morgan fingerprint density at radius 2 is 2.20 bits per heavy atom. The lowest BCUT2D eigenvalue weighted by atomic mass is 10.0. The molecule has 0 aliphatic heterocycles. The van der Waals surface area contributed by atoms with Crippen LogP contribution in [-0.4, -0.2) is 10.8 Å². The van der Waals surface area contributed by atoms with E-state index in [0.29, 0.717) is 12.3 Å². The maximum Gasteiger partial charge on any atom is 0.182 e. The zero-order valence-corrected chi connectivity index (χ0v) is 10.2. The second kappa shape index (κ2) is 4.44. The zero-order chi connectivity index (χ0) is 10.8. The lowest BCUT2D eigenvalue weighted by Gasteiger charge is -2.06. The highest BCUT2D eigenvalue weighted by Crippen LogP contribution is 2.27. The molecule has 1 aliphatic rings. The molecule has 0 N–H and O–H groups in total. The number of hydrogen-bond acceptors (Lipinski definition) is 3. The van der Waals surface area contributed by atoms with Gasteiger partial charge in [-0.3, -0.25) is 4.79 Å². The van der Waals surface area contributed by atoms with Gasteiger partial charge >= 0.3 is 0 Å². The molecule has 0 fully saturated rings. The van der Waals surface area contributed by atoms with Crippen molar-refractivity contribution < 1.29 is 4.79 Å². The summed E-state index contributed by atoms with van der Waals surface area (Å²) in [6.45, 7) is 4.44. The van der Waals surface area contributed by atoms with Gasteiger partial charge in [0.1, 0.15) is 5.69 Å². The van der Waals surface area contributed by atoms with E-state index in [1.165, 1.54) is 11.3 Å². The van der Waals surface area contributed by atoms with Gasteiger partial charge in [0.2, 0.25) is 0 Å². The largest absolute Gasteiger partial charge is 0.292 e. The number of rotatable bonds is 3. The molecule has 15 heavy (non-hydrogen) atoms. The lowest BCUT2D eigenvalue weighted by molar-refractivity contribution is 0.0968. The number of aryl methyl sites for hydroxylation is 2. The van der Waals surface area contributed by atoms with Crippen LogP contribution in [0.2, 0.25) is 0 Å². The van der Waals surface area contributed by atoms with Crippen LogP contribution in [0, 0.1) is 5.92 Å². The van der Waals surface area contributed by atoms with Crippen molar-refractivity contribution in [2.75, 3.05) is 0 Å². The predicted octanol–water partition coefficient (Wildman–Crippen LogP) is 3.25. The first kappa shape index (κ1) is 10.8. The molecule has 1 aromatic heterocycles. The SMILES string of the molecule is CC(C)CCc1nc2c(s1)CCCC2=O. The fraction of sp³-hybridized carbons (Fsp3) is 0.667. The van der Waals surface area contributed by atoms with Crippen molar-refractivity contribution >= 4 is 17.1 Å². The van der Waals surface area contributed by atoms with Crippen LogP contribution in [0.25, 0.3) is 0 Å². The highest BCUT2D eigenvalue weighted by Gasteiger charge is 2.21. The van der Waals surface area contributed by atoms with Gasteiger partial charge in [-0.1, -0.05) is 13.8 Å². The number of fused-ring (bicyclic) bond motifs is 1. The zero-order valence-electron chi connectivity index (χ0n) is 9.38. The predicted molar refractivity (Wildman–Crippen MR) is 62.5 cm³/mol. The third-order valence-corrected chi connectivity index (χ3v) is 3.92. The number of carbonyl (C=O) groups excluding carboxylic acids is 1. The van der Waals surface area contributed by atoms with E-state index in [-0.39, 0.29) is 5.78 Å². The first-order chi connectivity index (χ1) is 7.16. The van der Waals surface area contributed by atoms with Crippen molar-refractivity contribution in [3.8, 4) is 0 Å². The molecule has 1 aliphatic carbocycles. The molecule has 0 bridgehead atoms. The maximum atomic E-state index is 11.6. The fourth-order valence-corrected chi connectivity index (χ4v) is 2.98. The van der Waals surface area contributed by atoms with Crippen molar-refractivity contribution in [2.24, 2.45) is 5.92 Å². The van der Waals surface area contributed by atoms with Gasteiger partial charge in [-0.2, -0.15) is 0 Å². The van der Waals surface area contributed by atoms with Gasteiger partial charge in [-0.05, 0) is 31.6 Å². The average Bonchev–Trinajstić information content (AvgIpc) is 2.59. The summed E-state index contributed by atoms with van der Waals surface area (Å²) >= 11 is 1.75. The van der Waals surface area contributed by atoms with Crippen molar-refractivity contribution in [1.29, 1.82) is 0 Å². The summed E-state index contributed by atoms with van der Waals surface area (Å²) in [6, 6.07) is 0. The molecule has 0 unspecified atom stereocenters. The normalized spacial score (nSPS) is 15.8. The van der Waals surface area contributed by atoms with Crippen LogP contribution in [0.3, 0.4) is 0 Å². The quantitative estimate of drug-likeness (QED) is 0.787. The van der Waals surface area contributed by atoms with Crippen molar-refractivity contribution in [1.82, 2.24) is 4.98 Å². The van der Waals surface area contributed by atoms with Crippen molar-refractivity contribution in [3.05, 3.63) is 15.6 Å². The topological polar surface area (TPSA) is 30.0 Å². The molecule has 0 saturated carbocycles. The van der Waals surface area contributed by atoms with E-state index >= 15 is 0 Å². The summed E-state index contributed by atoms with van der Waals surface area (Å²) in [6.07, 6.45) is 4.96. The first-order valence-corrected chi connectivity index (χ1v) is 6.50. The molecule has 0 saturated heterocycles. The Balaban J connectivity index is 2.11. The van der Waals surface area contributed by atoms with Gasteiger partial charge in [0.05, 0.1) is 5.01 Å². The number of carbonyl (C=O) groups is 1.